The second-order valence-corrected chi connectivity index (χ2v) is 6.00. The highest BCUT2D eigenvalue weighted by atomic mass is 32.2. The largest absolute Gasteiger partial charge is 0.478 e. The predicted octanol–water partition coefficient (Wildman–Crippen LogP) is 1.72. The average Bonchev–Trinajstić information content (AvgIpc) is 2.53. The topological polar surface area (TPSA) is 68.3 Å². The van der Waals surface area contributed by atoms with Crippen molar-refractivity contribution in [1.82, 2.24) is 9.71 Å². The minimum Gasteiger partial charge on any atom is -0.478 e. The number of nitrogens with one attached hydrogen (secondary N) is 1. The van der Waals surface area contributed by atoms with Gasteiger partial charge in [0.1, 0.15) is 17.3 Å². The Morgan fingerprint density at radius 3 is 2.74 bits per heavy atom. The molecule has 0 spiro atoms. The molecule has 23 heavy (non-hydrogen) atoms. The molecule has 0 radical (unpaired) electrons. The van der Waals surface area contributed by atoms with Crippen molar-refractivity contribution in [3.63, 3.8) is 0 Å². The van der Waals surface area contributed by atoms with Crippen molar-refractivity contribution in [3.05, 3.63) is 54.4 Å². The van der Waals surface area contributed by atoms with Gasteiger partial charge in [0.2, 0.25) is 10.0 Å². The van der Waals surface area contributed by atoms with Crippen LogP contribution in [0.2, 0.25) is 0 Å². The van der Waals surface area contributed by atoms with Gasteiger partial charge in [0, 0.05) is 18.5 Å². The first-order chi connectivity index (χ1) is 11.0. The van der Waals surface area contributed by atoms with Gasteiger partial charge in [-0.15, -0.1) is 0 Å². The fraction of sp³-hybridized carbons (Fsp3) is 0.133. The third kappa shape index (κ3) is 5.02. The maximum atomic E-state index is 13.3. The van der Waals surface area contributed by atoms with Crippen LogP contribution in [-0.4, -0.2) is 26.6 Å². The average molecular weight is 338 g/mol. The van der Waals surface area contributed by atoms with Crippen LogP contribution in [0.1, 0.15) is 0 Å². The molecule has 5 nitrogen and oxygen atoms in total. The van der Waals surface area contributed by atoms with Crippen LogP contribution < -0.4 is 9.46 Å². The van der Waals surface area contributed by atoms with Gasteiger partial charge in [0.25, 0.3) is 0 Å². The summed E-state index contributed by atoms with van der Waals surface area (Å²) in [7, 11) is -3.67. The second kappa shape index (κ2) is 7.67. The van der Waals surface area contributed by atoms with Crippen molar-refractivity contribution in [1.29, 1.82) is 0 Å². The number of sulfonamides is 1. The quantitative estimate of drug-likeness (QED) is 0.843. The Hall–Kier alpha value is -2.50. The van der Waals surface area contributed by atoms with E-state index < -0.39 is 21.7 Å². The lowest BCUT2D eigenvalue weighted by atomic mass is 10.3. The molecule has 1 N–H and O–H groups in total. The molecule has 0 amide bonds. The van der Waals surface area contributed by atoms with E-state index in [9.17, 15) is 17.2 Å². The molecule has 0 unspecified atom stereocenters. The highest BCUT2D eigenvalue weighted by Gasteiger charge is 2.11. The molecule has 0 saturated carbocycles. The Morgan fingerprint density at radius 2 is 2.04 bits per heavy atom. The first-order valence-corrected chi connectivity index (χ1v) is 7.90. The van der Waals surface area contributed by atoms with E-state index in [2.05, 4.69) is 21.5 Å². The van der Waals surface area contributed by atoms with Gasteiger partial charge >= 0.3 is 0 Å². The summed E-state index contributed by atoms with van der Waals surface area (Å²) in [5, 5.41) is 0. The minimum absolute atomic E-state index is 0.0337. The fourth-order valence-electron chi connectivity index (χ4n) is 1.54. The van der Waals surface area contributed by atoms with Crippen molar-refractivity contribution in [2.75, 3.05) is 13.2 Å². The van der Waals surface area contributed by atoms with Crippen LogP contribution in [-0.2, 0) is 10.0 Å². The smallest absolute Gasteiger partial charge is 0.242 e. The number of halogens is 2. The van der Waals surface area contributed by atoms with E-state index in [1.807, 2.05) is 0 Å². The SMILES string of the molecule is O=S(=O)(NCC#CCOc1ccc(F)cc1F)c1cccnc1. The van der Waals surface area contributed by atoms with Crippen molar-refractivity contribution >= 4 is 10.0 Å². The van der Waals surface area contributed by atoms with Gasteiger partial charge in [-0.3, -0.25) is 4.98 Å². The van der Waals surface area contributed by atoms with E-state index in [0.717, 1.165) is 12.1 Å². The summed E-state index contributed by atoms with van der Waals surface area (Å²) in [4.78, 5) is 3.75. The molecule has 1 aromatic heterocycles. The number of benzene rings is 1. The fourth-order valence-corrected chi connectivity index (χ4v) is 2.43. The molecule has 0 aliphatic carbocycles. The Bertz CT molecular complexity index is 831. The van der Waals surface area contributed by atoms with Crippen molar-refractivity contribution < 1.29 is 21.9 Å². The molecule has 0 atom stereocenters. The van der Waals surface area contributed by atoms with Crippen molar-refractivity contribution in [2.24, 2.45) is 0 Å². The molecule has 0 saturated heterocycles. The van der Waals surface area contributed by atoms with Crippen molar-refractivity contribution in [2.45, 2.75) is 4.90 Å². The monoisotopic (exact) mass is 338 g/mol. The van der Waals surface area contributed by atoms with Crippen LogP contribution in [0.15, 0.2) is 47.6 Å². The number of pyridine rings is 1. The first-order valence-electron chi connectivity index (χ1n) is 6.42. The van der Waals surface area contributed by atoms with Gasteiger partial charge < -0.3 is 4.74 Å². The molecule has 0 aliphatic heterocycles. The van der Waals surface area contributed by atoms with Gasteiger partial charge in [-0.2, -0.15) is 4.72 Å². The molecule has 8 heteroatoms. The highest BCUT2D eigenvalue weighted by Crippen LogP contribution is 2.17. The Morgan fingerprint density at radius 1 is 1.22 bits per heavy atom. The number of nitrogens with zero attached hydrogens (tertiary/aromatic N) is 1. The van der Waals surface area contributed by atoms with E-state index >= 15 is 0 Å². The molecule has 120 valence electrons. The third-order valence-corrected chi connectivity index (χ3v) is 4.00. The summed E-state index contributed by atoms with van der Waals surface area (Å²) >= 11 is 0. The van der Waals surface area contributed by atoms with Gasteiger partial charge in [-0.05, 0) is 24.3 Å². The lowest BCUT2D eigenvalue weighted by molar-refractivity contribution is 0.346. The van der Waals surface area contributed by atoms with Crippen molar-refractivity contribution in [3.8, 4) is 17.6 Å². The number of rotatable bonds is 5. The maximum Gasteiger partial charge on any atom is 0.242 e. The summed E-state index contributed by atoms with van der Waals surface area (Å²) in [5.41, 5.74) is 0. The molecule has 0 bridgehead atoms. The van der Waals surface area contributed by atoms with E-state index in [0.29, 0.717) is 6.07 Å². The van der Waals surface area contributed by atoms with Crippen LogP contribution >= 0.6 is 0 Å². The number of hydrogen-bond acceptors (Lipinski definition) is 4. The molecular formula is C15H12F2N2O3S. The Labute approximate surface area is 132 Å². The molecule has 0 fully saturated rings. The molecule has 2 rings (SSSR count). The van der Waals surface area contributed by atoms with E-state index in [4.69, 9.17) is 4.74 Å². The summed E-state index contributed by atoms with van der Waals surface area (Å²) in [5.74, 6) is 3.39. The van der Waals surface area contributed by atoms with E-state index in [1.54, 1.807) is 0 Å². The van der Waals surface area contributed by atoms with Gasteiger partial charge in [0.15, 0.2) is 11.6 Å². The summed E-state index contributed by atoms with van der Waals surface area (Å²) < 4.78 is 56.9. The summed E-state index contributed by atoms with van der Waals surface area (Å²) in [6, 6.07) is 5.82. The number of aromatic nitrogens is 1. The van der Waals surface area contributed by atoms with Crippen LogP contribution in [0.5, 0.6) is 5.75 Å². The summed E-state index contributed by atoms with van der Waals surface area (Å²) in [6.45, 7) is -0.288. The molecular weight excluding hydrogens is 326 g/mol. The zero-order valence-corrected chi connectivity index (χ0v) is 12.6. The van der Waals surface area contributed by atoms with E-state index in [1.165, 1.54) is 24.5 Å². The normalized spacial score (nSPS) is 10.7. The van der Waals surface area contributed by atoms with Gasteiger partial charge in [0.05, 0.1) is 6.54 Å². The van der Waals surface area contributed by atoms with Gasteiger partial charge in [-0.25, -0.2) is 17.2 Å². The molecule has 1 heterocycles. The van der Waals surface area contributed by atoms with Crippen LogP contribution in [0, 0.1) is 23.5 Å². The zero-order valence-electron chi connectivity index (χ0n) is 11.8. The lowest BCUT2D eigenvalue weighted by Crippen LogP contribution is -2.24. The Balaban J connectivity index is 1.82. The van der Waals surface area contributed by atoms with Crippen LogP contribution in [0.25, 0.3) is 0 Å². The highest BCUT2D eigenvalue weighted by molar-refractivity contribution is 7.89. The van der Waals surface area contributed by atoms with E-state index in [-0.39, 0.29) is 23.8 Å². The lowest BCUT2D eigenvalue weighted by Gasteiger charge is -2.03. The molecule has 2 aromatic rings. The zero-order chi connectivity index (χ0) is 16.7. The second-order valence-electron chi connectivity index (χ2n) is 4.23. The van der Waals surface area contributed by atoms with Crippen LogP contribution in [0.4, 0.5) is 8.78 Å². The standard InChI is InChI=1S/C15H12F2N2O3S/c16-12-5-6-15(14(17)10-12)22-9-2-1-8-19-23(20,21)13-4-3-7-18-11-13/h3-7,10-11,19H,8-9H2. The minimum atomic E-state index is -3.67. The number of ether oxygens (including phenoxy) is 1. The first kappa shape index (κ1) is 16.9. The summed E-state index contributed by atoms with van der Waals surface area (Å²) in [6.07, 6.45) is 2.68. The van der Waals surface area contributed by atoms with Crippen LogP contribution in [0.3, 0.4) is 0 Å². The third-order valence-electron chi connectivity index (χ3n) is 2.61. The predicted molar refractivity (Wildman–Crippen MR) is 79.1 cm³/mol. The maximum absolute atomic E-state index is 13.3. The number of hydrogen-bond donors (Lipinski definition) is 1. The van der Waals surface area contributed by atoms with Gasteiger partial charge in [-0.1, -0.05) is 11.8 Å². The molecule has 1 aromatic carbocycles. The molecule has 0 aliphatic rings. The Kier molecular flexibility index (Phi) is 5.62.